The number of pyridine rings is 1. The molecule has 0 aliphatic heterocycles. The first kappa shape index (κ1) is 23.1. The van der Waals surface area contributed by atoms with Gasteiger partial charge in [0.25, 0.3) is 0 Å². The fourth-order valence-electron chi connectivity index (χ4n) is 2.68. The molecule has 3 rings (SSSR count). The first-order chi connectivity index (χ1) is 15.2. The molecule has 1 saturated carbocycles. The van der Waals surface area contributed by atoms with Crippen molar-refractivity contribution in [1.82, 2.24) is 19.9 Å². The summed E-state index contributed by atoms with van der Waals surface area (Å²) in [5.74, 6) is -0.122. The SMILES string of the molecule is CN(CCS(C)(=O)=O)C(=O)CNc1cc(-c2cnc(NC(=O)C3CC3)cn2)cnc1C#N. The van der Waals surface area contributed by atoms with Crippen LogP contribution in [-0.2, 0) is 19.4 Å². The fraction of sp³-hybridized carbons (Fsp3) is 0.400. The molecule has 2 aromatic heterocycles. The number of hydrogen-bond acceptors (Lipinski definition) is 9. The Balaban J connectivity index is 1.66. The van der Waals surface area contributed by atoms with Gasteiger partial charge in [0.1, 0.15) is 15.9 Å². The predicted octanol–water partition coefficient (Wildman–Crippen LogP) is 0.674. The number of carbonyl (C=O) groups is 2. The standard InChI is InChI=1S/C20H23N7O4S/c1-27(5-6-32(2,30)31)19(28)12-24-15-7-14(9-22-16(15)8-21)17-10-25-18(11-23-17)26-20(29)13-3-4-13/h7,9-11,13,24H,3-6,12H2,1-2H3,(H,25,26,29). The first-order valence-corrected chi connectivity index (χ1v) is 11.9. The van der Waals surface area contributed by atoms with E-state index >= 15 is 0 Å². The number of anilines is 2. The molecule has 2 amide bonds. The van der Waals surface area contributed by atoms with Crippen LogP contribution >= 0.6 is 0 Å². The Morgan fingerprint density at radius 2 is 1.97 bits per heavy atom. The number of likely N-dealkylation sites (N-methyl/N-ethyl adjacent to an activating group) is 1. The van der Waals surface area contributed by atoms with Gasteiger partial charge < -0.3 is 15.5 Å². The molecule has 0 radical (unpaired) electrons. The Morgan fingerprint density at radius 1 is 1.22 bits per heavy atom. The first-order valence-electron chi connectivity index (χ1n) is 9.85. The molecule has 1 fully saturated rings. The lowest BCUT2D eigenvalue weighted by molar-refractivity contribution is -0.127. The van der Waals surface area contributed by atoms with Crippen molar-refractivity contribution >= 4 is 33.2 Å². The molecular formula is C20H23N7O4S. The lowest BCUT2D eigenvalue weighted by Crippen LogP contribution is -2.35. The molecule has 11 nitrogen and oxygen atoms in total. The zero-order valence-corrected chi connectivity index (χ0v) is 18.5. The summed E-state index contributed by atoms with van der Waals surface area (Å²) in [6.07, 6.45) is 7.29. The van der Waals surface area contributed by atoms with Gasteiger partial charge in [-0.25, -0.2) is 18.4 Å². The summed E-state index contributed by atoms with van der Waals surface area (Å²) in [6, 6.07) is 3.58. The highest BCUT2D eigenvalue weighted by molar-refractivity contribution is 7.90. The highest BCUT2D eigenvalue weighted by Gasteiger charge is 2.29. The summed E-state index contributed by atoms with van der Waals surface area (Å²) in [5, 5.41) is 14.9. The van der Waals surface area contributed by atoms with Crippen molar-refractivity contribution in [3.63, 3.8) is 0 Å². The van der Waals surface area contributed by atoms with Crippen molar-refractivity contribution < 1.29 is 18.0 Å². The number of hydrogen-bond donors (Lipinski definition) is 2. The van der Waals surface area contributed by atoms with Gasteiger partial charge in [-0.3, -0.25) is 14.6 Å². The van der Waals surface area contributed by atoms with E-state index in [2.05, 4.69) is 25.6 Å². The average molecular weight is 458 g/mol. The topological polar surface area (TPSA) is 158 Å². The quantitative estimate of drug-likeness (QED) is 0.552. The second-order valence-electron chi connectivity index (χ2n) is 7.58. The van der Waals surface area contributed by atoms with Crippen molar-refractivity contribution in [3.8, 4) is 17.3 Å². The number of amides is 2. The van der Waals surface area contributed by atoms with E-state index in [1.54, 1.807) is 6.07 Å². The molecule has 32 heavy (non-hydrogen) atoms. The van der Waals surface area contributed by atoms with E-state index in [0.717, 1.165) is 19.1 Å². The van der Waals surface area contributed by atoms with E-state index in [1.165, 1.54) is 30.5 Å². The molecule has 0 bridgehead atoms. The van der Waals surface area contributed by atoms with Crippen molar-refractivity contribution in [2.75, 3.05) is 42.8 Å². The molecule has 0 aromatic carbocycles. The maximum absolute atomic E-state index is 12.3. The van der Waals surface area contributed by atoms with E-state index < -0.39 is 9.84 Å². The highest BCUT2D eigenvalue weighted by Crippen LogP contribution is 2.30. The maximum atomic E-state index is 12.3. The van der Waals surface area contributed by atoms with E-state index in [-0.39, 0.29) is 42.3 Å². The van der Waals surface area contributed by atoms with Crippen molar-refractivity contribution in [2.24, 2.45) is 5.92 Å². The molecule has 1 aliphatic rings. The molecule has 0 atom stereocenters. The Bertz CT molecular complexity index is 1160. The number of sulfone groups is 1. The zero-order valence-electron chi connectivity index (χ0n) is 17.7. The molecule has 2 heterocycles. The summed E-state index contributed by atoms with van der Waals surface area (Å²) < 4.78 is 22.5. The minimum absolute atomic E-state index is 0.0564. The molecule has 0 unspecified atom stereocenters. The lowest BCUT2D eigenvalue weighted by atomic mass is 10.1. The number of nitriles is 1. The Labute approximate surface area is 185 Å². The number of carbonyl (C=O) groups excluding carboxylic acids is 2. The minimum Gasteiger partial charge on any atom is -0.374 e. The third kappa shape index (κ3) is 6.45. The normalized spacial score (nSPS) is 13.2. The van der Waals surface area contributed by atoms with Crippen LogP contribution in [0.4, 0.5) is 11.5 Å². The summed E-state index contributed by atoms with van der Waals surface area (Å²) in [6.45, 7) is -0.0696. The van der Waals surface area contributed by atoms with Gasteiger partial charge in [0, 0.05) is 37.5 Å². The van der Waals surface area contributed by atoms with Crippen LogP contribution in [0.5, 0.6) is 0 Å². The number of rotatable bonds is 9. The van der Waals surface area contributed by atoms with Crippen LogP contribution in [0.1, 0.15) is 18.5 Å². The smallest absolute Gasteiger partial charge is 0.241 e. The Kier molecular flexibility index (Phi) is 6.99. The molecule has 1 aliphatic carbocycles. The lowest BCUT2D eigenvalue weighted by Gasteiger charge is -2.17. The fourth-order valence-corrected chi connectivity index (χ4v) is 3.28. The largest absolute Gasteiger partial charge is 0.374 e. The summed E-state index contributed by atoms with van der Waals surface area (Å²) in [5.41, 5.74) is 1.48. The maximum Gasteiger partial charge on any atom is 0.241 e. The number of nitrogens with zero attached hydrogens (tertiary/aromatic N) is 5. The zero-order chi connectivity index (χ0) is 23.3. The van der Waals surface area contributed by atoms with Gasteiger partial charge in [0.05, 0.1) is 36.1 Å². The van der Waals surface area contributed by atoms with E-state index in [9.17, 15) is 23.3 Å². The Morgan fingerprint density at radius 3 is 2.56 bits per heavy atom. The second kappa shape index (κ2) is 9.69. The van der Waals surface area contributed by atoms with E-state index in [1.807, 2.05) is 6.07 Å². The van der Waals surface area contributed by atoms with Gasteiger partial charge in [-0.15, -0.1) is 0 Å². The van der Waals surface area contributed by atoms with Gasteiger partial charge in [-0.1, -0.05) is 0 Å². The average Bonchev–Trinajstić information content (AvgIpc) is 3.61. The molecule has 2 aromatic rings. The molecule has 12 heteroatoms. The Hall–Kier alpha value is -3.59. The molecular weight excluding hydrogens is 434 g/mol. The van der Waals surface area contributed by atoms with Crippen LogP contribution in [-0.4, -0.2) is 72.2 Å². The molecule has 2 N–H and O–H groups in total. The van der Waals surface area contributed by atoms with Crippen LogP contribution < -0.4 is 10.6 Å². The van der Waals surface area contributed by atoms with Crippen LogP contribution in [0.15, 0.2) is 24.7 Å². The van der Waals surface area contributed by atoms with Gasteiger partial charge in [0.2, 0.25) is 11.8 Å². The van der Waals surface area contributed by atoms with Crippen molar-refractivity contribution in [2.45, 2.75) is 12.8 Å². The summed E-state index contributed by atoms with van der Waals surface area (Å²) in [7, 11) is -1.67. The minimum atomic E-state index is -3.18. The number of nitrogens with one attached hydrogen (secondary N) is 2. The van der Waals surface area contributed by atoms with Gasteiger partial charge in [-0.05, 0) is 18.9 Å². The van der Waals surface area contributed by atoms with Gasteiger partial charge >= 0.3 is 0 Å². The van der Waals surface area contributed by atoms with Gasteiger partial charge in [0.15, 0.2) is 11.5 Å². The molecule has 0 spiro atoms. The van der Waals surface area contributed by atoms with E-state index in [0.29, 0.717) is 22.8 Å². The monoisotopic (exact) mass is 457 g/mol. The van der Waals surface area contributed by atoms with Gasteiger partial charge in [-0.2, -0.15) is 5.26 Å². The predicted molar refractivity (Wildman–Crippen MR) is 117 cm³/mol. The van der Waals surface area contributed by atoms with E-state index in [4.69, 9.17) is 0 Å². The van der Waals surface area contributed by atoms with Crippen LogP contribution in [0.2, 0.25) is 0 Å². The highest BCUT2D eigenvalue weighted by atomic mass is 32.2. The number of aromatic nitrogens is 3. The van der Waals surface area contributed by atoms with Crippen LogP contribution in [0.3, 0.4) is 0 Å². The molecule has 0 saturated heterocycles. The second-order valence-corrected chi connectivity index (χ2v) is 9.84. The molecule has 168 valence electrons. The summed E-state index contributed by atoms with van der Waals surface area (Å²) in [4.78, 5) is 38.0. The third-order valence-electron chi connectivity index (χ3n) is 4.79. The van der Waals surface area contributed by atoms with Crippen LogP contribution in [0.25, 0.3) is 11.3 Å². The van der Waals surface area contributed by atoms with Crippen LogP contribution in [0, 0.1) is 17.2 Å². The third-order valence-corrected chi connectivity index (χ3v) is 5.72. The van der Waals surface area contributed by atoms with Crippen molar-refractivity contribution in [3.05, 3.63) is 30.4 Å². The van der Waals surface area contributed by atoms with Crippen molar-refractivity contribution in [1.29, 1.82) is 5.26 Å². The summed E-state index contributed by atoms with van der Waals surface area (Å²) >= 11 is 0.